The third-order valence-corrected chi connectivity index (χ3v) is 5.31. The van der Waals surface area contributed by atoms with Gasteiger partial charge in [-0.25, -0.2) is 8.42 Å². The van der Waals surface area contributed by atoms with E-state index in [0.29, 0.717) is 12.2 Å². The van der Waals surface area contributed by atoms with Crippen LogP contribution < -0.4 is 9.62 Å². The summed E-state index contributed by atoms with van der Waals surface area (Å²) in [5, 5.41) is 2.90. The van der Waals surface area contributed by atoms with E-state index in [-0.39, 0.29) is 4.90 Å². The number of hydrogen-bond acceptors (Lipinski definition) is 4. The van der Waals surface area contributed by atoms with Crippen molar-refractivity contribution in [1.29, 1.82) is 0 Å². The lowest BCUT2D eigenvalue weighted by atomic mass is 10.2. The molecule has 5 nitrogen and oxygen atoms in total. The lowest BCUT2D eigenvalue weighted by Crippen LogP contribution is -2.29. The molecule has 0 radical (unpaired) electrons. The van der Waals surface area contributed by atoms with Gasteiger partial charge < -0.3 is 5.32 Å². The van der Waals surface area contributed by atoms with Crippen LogP contribution in [0, 0.1) is 0 Å². The van der Waals surface area contributed by atoms with E-state index in [1.54, 1.807) is 19.3 Å². The molecule has 0 saturated carbocycles. The van der Waals surface area contributed by atoms with Crippen LogP contribution in [0.15, 0.2) is 47.6 Å². The summed E-state index contributed by atoms with van der Waals surface area (Å²) >= 11 is 0. The van der Waals surface area contributed by atoms with Gasteiger partial charge in [-0.15, -0.1) is 0 Å². The van der Waals surface area contributed by atoms with Crippen LogP contribution in [-0.2, 0) is 16.4 Å². The Balaban J connectivity index is 2.10. The second kappa shape index (κ2) is 4.79. The van der Waals surface area contributed by atoms with Crippen LogP contribution in [0.2, 0.25) is 0 Å². The highest BCUT2D eigenvalue weighted by Gasteiger charge is 2.32. The summed E-state index contributed by atoms with van der Waals surface area (Å²) in [5.41, 5.74) is 2.38. The Morgan fingerprint density at radius 2 is 2.05 bits per heavy atom. The molecule has 0 saturated heterocycles. The van der Waals surface area contributed by atoms with Gasteiger partial charge in [0.1, 0.15) is 4.90 Å². The van der Waals surface area contributed by atoms with E-state index >= 15 is 0 Å². The highest BCUT2D eigenvalue weighted by atomic mass is 32.2. The minimum Gasteiger partial charge on any atom is -0.387 e. The molecular formula is C14H15N3O2S. The molecule has 2 aromatic rings. The molecule has 104 valence electrons. The molecule has 0 atom stereocenters. The van der Waals surface area contributed by atoms with Crippen LogP contribution in [-0.4, -0.2) is 27.0 Å². The predicted octanol–water partition coefficient (Wildman–Crippen LogP) is 1.87. The number of anilines is 2. The van der Waals surface area contributed by atoms with Gasteiger partial charge in [0.15, 0.2) is 0 Å². The number of hydrogen-bond donors (Lipinski definition) is 1. The summed E-state index contributed by atoms with van der Waals surface area (Å²) in [5.74, 6) is 0. The van der Waals surface area contributed by atoms with Gasteiger partial charge in [0.2, 0.25) is 0 Å². The average molecular weight is 289 g/mol. The Morgan fingerprint density at radius 3 is 2.85 bits per heavy atom. The van der Waals surface area contributed by atoms with Gasteiger partial charge in [-0.05, 0) is 24.1 Å². The molecule has 2 heterocycles. The standard InChI is InChI=1S/C14H15N3O2S/c1-15-12-6-8-16-10-14(12)20(18,19)17-9-7-11-4-2-3-5-13(11)17/h2-6,8,10H,7,9H2,1H3,(H,15,16). The monoisotopic (exact) mass is 289 g/mol. The molecule has 0 fully saturated rings. The Bertz CT molecular complexity index is 744. The number of fused-ring (bicyclic) bond motifs is 1. The maximum absolute atomic E-state index is 12.8. The smallest absolute Gasteiger partial charge is 0.267 e. The third-order valence-electron chi connectivity index (χ3n) is 3.47. The van der Waals surface area contributed by atoms with E-state index in [2.05, 4.69) is 10.3 Å². The van der Waals surface area contributed by atoms with Gasteiger partial charge in [-0.2, -0.15) is 0 Å². The van der Waals surface area contributed by atoms with Gasteiger partial charge in [0, 0.05) is 26.0 Å². The summed E-state index contributed by atoms with van der Waals surface area (Å²) in [6.45, 7) is 0.472. The number of aromatic nitrogens is 1. The molecule has 0 amide bonds. The molecule has 0 unspecified atom stereocenters. The van der Waals surface area contributed by atoms with Crippen molar-refractivity contribution in [2.45, 2.75) is 11.3 Å². The number of rotatable bonds is 3. The molecule has 0 aliphatic carbocycles. The van der Waals surface area contributed by atoms with Gasteiger partial charge in [-0.3, -0.25) is 9.29 Å². The summed E-state index contributed by atoms with van der Waals surface area (Å²) in [6.07, 6.45) is 3.70. The minimum absolute atomic E-state index is 0.208. The highest BCUT2D eigenvalue weighted by Crippen LogP contribution is 2.34. The van der Waals surface area contributed by atoms with Crippen LogP contribution in [0.25, 0.3) is 0 Å². The van der Waals surface area contributed by atoms with E-state index in [1.165, 1.54) is 10.5 Å². The number of para-hydroxylation sites is 1. The van der Waals surface area contributed by atoms with Gasteiger partial charge in [0.25, 0.3) is 10.0 Å². The normalized spacial score (nSPS) is 14.2. The fourth-order valence-electron chi connectivity index (χ4n) is 2.47. The maximum Gasteiger partial charge on any atom is 0.267 e. The van der Waals surface area contributed by atoms with Crippen LogP contribution in [0.5, 0.6) is 0 Å². The largest absolute Gasteiger partial charge is 0.387 e. The minimum atomic E-state index is -3.59. The lowest BCUT2D eigenvalue weighted by Gasteiger charge is -2.20. The van der Waals surface area contributed by atoms with Crippen molar-refractivity contribution >= 4 is 21.4 Å². The fraction of sp³-hybridized carbons (Fsp3) is 0.214. The SMILES string of the molecule is CNc1ccncc1S(=O)(=O)N1CCc2ccccc21. The van der Waals surface area contributed by atoms with E-state index < -0.39 is 10.0 Å². The first kappa shape index (κ1) is 12.9. The predicted molar refractivity (Wildman–Crippen MR) is 78.5 cm³/mol. The highest BCUT2D eigenvalue weighted by molar-refractivity contribution is 7.93. The molecule has 1 aromatic heterocycles. The zero-order valence-electron chi connectivity index (χ0n) is 11.1. The summed E-state index contributed by atoms with van der Waals surface area (Å²) in [7, 11) is -1.89. The van der Waals surface area contributed by atoms with Crippen molar-refractivity contribution in [2.24, 2.45) is 0 Å². The molecule has 0 spiro atoms. The summed E-state index contributed by atoms with van der Waals surface area (Å²) in [4.78, 5) is 4.15. The number of nitrogens with one attached hydrogen (secondary N) is 1. The van der Waals surface area contributed by atoms with Crippen molar-refractivity contribution in [1.82, 2.24) is 4.98 Å². The topological polar surface area (TPSA) is 62.3 Å². The van der Waals surface area contributed by atoms with E-state index in [4.69, 9.17) is 0 Å². The number of nitrogens with zero attached hydrogens (tertiary/aromatic N) is 2. The molecule has 20 heavy (non-hydrogen) atoms. The van der Waals surface area contributed by atoms with Crippen molar-refractivity contribution in [3.63, 3.8) is 0 Å². The molecule has 1 aliphatic heterocycles. The Morgan fingerprint density at radius 1 is 1.25 bits per heavy atom. The van der Waals surface area contributed by atoms with Crippen molar-refractivity contribution in [3.05, 3.63) is 48.3 Å². The van der Waals surface area contributed by atoms with Crippen LogP contribution >= 0.6 is 0 Å². The summed E-state index contributed by atoms with van der Waals surface area (Å²) in [6, 6.07) is 9.25. The van der Waals surface area contributed by atoms with Crippen LogP contribution in [0.4, 0.5) is 11.4 Å². The molecule has 6 heteroatoms. The van der Waals surface area contributed by atoms with E-state index in [9.17, 15) is 8.42 Å². The van der Waals surface area contributed by atoms with Crippen molar-refractivity contribution in [3.8, 4) is 0 Å². The quantitative estimate of drug-likeness (QED) is 0.937. The number of sulfonamides is 1. The molecule has 1 N–H and O–H groups in total. The Labute approximate surface area is 118 Å². The Kier molecular flexibility index (Phi) is 3.10. The second-order valence-corrected chi connectivity index (χ2v) is 6.41. The zero-order valence-corrected chi connectivity index (χ0v) is 11.9. The number of pyridine rings is 1. The van der Waals surface area contributed by atoms with Crippen LogP contribution in [0.3, 0.4) is 0 Å². The molecule has 1 aliphatic rings. The molecular weight excluding hydrogens is 274 g/mol. The van der Waals surface area contributed by atoms with Gasteiger partial charge in [-0.1, -0.05) is 18.2 Å². The number of benzene rings is 1. The third kappa shape index (κ3) is 1.92. The zero-order chi connectivity index (χ0) is 14.2. The lowest BCUT2D eigenvalue weighted by molar-refractivity contribution is 0.592. The summed E-state index contributed by atoms with van der Waals surface area (Å²) < 4.78 is 27.1. The molecule has 0 bridgehead atoms. The van der Waals surface area contributed by atoms with E-state index in [0.717, 1.165) is 17.7 Å². The molecule has 3 rings (SSSR count). The maximum atomic E-state index is 12.8. The first-order chi connectivity index (χ1) is 9.64. The van der Waals surface area contributed by atoms with Crippen LogP contribution in [0.1, 0.15) is 5.56 Å². The second-order valence-electron chi connectivity index (χ2n) is 4.58. The average Bonchev–Trinajstić information content (AvgIpc) is 2.92. The first-order valence-corrected chi connectivity index (χ1v) is 7.81. The van der Waals surface area contributed by atoms with Crippen molar-refractivity contribution < 1.29 is 8.42 Å². The Hall–Kier alpha value is -2.08. The van der Waals surface area contributed by atoms with Gasteiger partial charge in [0.05, 0.1) is 11.4 Å². The molecule has 1 aromatic carbocycles. The fourth-order valence-corrected chi connectivity index (χ4v) is 4.12. The van der Waals surface area contributed by atoms with Gasteiger partial charge >= 0.3 is 0 Å². The first-order valence-electron chi connectivity index (χ1n) is 6.37. The van der Waals surface area contributed by atoms with E-state index in [1.807, 2.05) is 24.3 Å². The van der Waals surface area contributed by atoms with Crippen molar-refractivity contribution in [2.75, 3.05) is 23.2 Å².